The van der Waals surface area contributed by atoms with Crippen molar-refractivity contribution in [2.24, 2.45) is 5.92 Å². The maximum absolute atomic E-state index is 11.8. The van der Waals surface area contributed by atoms with Crippen LogP contribution >= 0.6 is 0 Å². The standard InChI is InChI=1S/C12H15N5O/c1-8(2)7-13-12(18)10-5-3-9(4-6-10)11-14-16-17-15-11/h3-6,8H,7H2,1-2H3,(H,13,18)(H,14,15,16,17). The maximum atomic E-state index is 11.8. The molecule has 0 saturated carbocycles. The van der Waals surface area contributed by atoms with E-state index in [1.54, 1.807) is 24.3 Å². The molecular weight excluding hydrogens is 230 g/mol. The predicted molar refractivity (Wildman–Crippen MR) is 66.8 cm³/mol. The Bertz CT molecular complexity index is 504. The number of rotatable bonds is 4. The molecule has 2 N–H and O–H groups in total. The van der Waals surface area contributed by atoms with Crippen LogP contribution in [0.4, 0.5) is 0 Å². The summed E-state index contributed by atoms with van der Waals surface area (Å²) in [5.74, 6) is 0.889. The Balaban J connectivity index is 2.06. The minimum Gasteiger partial charge on any atom is -0.352 e. The smallest absolute Gasteiger partial charge is 0.251 e. The van der Waals surface area contributed by atoms with E-state index < -0.39 is 0 Å². The lowest BCUT2D eigenvalue weighted by Gasteiger charge is -2.07. The van der Waals surface area contributed by atoms with Crippen molar-refractivity contribution in [3.05, 3.63) is 29.8 Å². The summed E-state index contributed by atoms with van der Waals surface area (Å²) in [5.41, 5.74) is 1.45. The zero-order chi connectivity index (χ0) is 13.0. The summed E-state index contributed by atoms with van der Waals surface area (Å²) in [7, 11) is 0. The van der Waals surface area contributed by atoms with Gasteiger partial charge in [0.15, 0.2) is 0 Å². The van der Waals surface area contributed by atoms with E-state index in [2.05, 4.69) is 39.8 Å². The fraction of sp³-hybridized carbons (Fsp3) is 0.333. The normalized spacial score (nSPS) is 10.6. The van der Waals surface area contributed by atoms with E-state index in [4.69, 9.17) is 0 Å². The molecule has 94 valence electrons. The molecule has 0 aliphatic carbocycles. The number of carbonyl (C=O) groups excluding carboxylic acids is 1. The number of hydrogen-bond acceptors (Lipinski definition) is 4. The summed E-state index contributed by atoms with van der Waals surface area (Å²) < 4.78 is 0. The van der Waals surface area contributed by atoms with Crippen molar-refractivity contribution in [2.75, 3.05) is 6.54 Å². The molecule has 0 bridgehead atoms. The molecule has 0 aliphatic rings. The van der Waals surface area contributed by atoms with Crippen molar-refractivity contribution in [1.29, 1.82) is 0 Å². The van der Waals surface area contributed by atoms with Crippen LogP contribution in [0, 0.1) is 5.92 Å². The van der Waals surface area contributed by atoms with Crippen molar-refractivity contribution >= 4 is 5.91 Å². The first-order valence-electron chi connectivity index (χ1n) is 5.79. The van der Waals surface area contributed by atoms with E-state index in [1.165, 1.54) is 0 Å². The van der Waals surface area contributed by atoms with E-state index in [1.807, 2.05) is 0 Å². The second-order valence-electron chi connectivity index (χ2n) is 4.42. The van der Waals surface area contributed by atoms with Gasteiger partial charge in [-0.2, -0.15) is 5.21 Å². The van der Waals surface area contributed by atoms with Crippen LogP contribution in [0.2, 0.25) is 0 Å². The van der Waals surface area contributed by atoms with Crippen LogP contribution in [0.1, 0.15) is 24.2 Å². The van der Waals surface area contributed by atoms with Gasteiger partial charge in [-0.3, -0.25) is 4.79 Å². The molecule has 0 atom stereocenters. The third kappa shape index (κ3) is 2.91. The zero-order valence-corrected chi connectivity index (χ0v) is 10.3. The van der Waals surface area contributed by atoms with E-state index in [9.17, 15) is 4.79 Å². The summed E-state index contributed by atoms with van der Waals surface area (Å²) >= 11 is 0. The van der Waals surface area contributed by atoms with E-state index in [0.29, 0.717) is 23.9 Å². The second-order valence-corrected chi connectivity index (χ2v) is 4.42. The van der Waals surface area contributed by atoms with Crippen molar-refractivity contribution in [2.45, 2.75) is 13.8 Å². The molecule has 1 aromatic carbocycles. The quantitative estimate of drug-likeness (QED) is 0.849. The van der Waals surface area contributed by atoms with Crippen LogP contribution in [0.5, 0.6) is 0 Å². The van der Waals surface area contributed by atoms with E-state index in [0.717, 1.165) is 5.56 Å². The third-order valence-electron chi connectivity index (χ3n) is 2.42. The van der Waals surface area contributed by atoms with Gasteiger partial charge in [0, 0.05) is 17.7 Å². The van der Waals surface area contributed by atoms with Crippen molar-refractivity contribution in [3.8, 4) is 11.4 Å². The SMILES string of the molecule is CC(C)CNC(=O)c1ccc(-c2nn[nH]n2)cc1. The molecule has 0 saturated heterocycles. The lowest BCUT2D eigenvalue weighted by Crippen LogP contribution is -2.27. The van der Waals surface area contributed by atoms with E-state index in [-0.39, 0.29) is 5.91 Å². The van der Waals surface area contributed by atoms with Gasteiger partial charge in [0.25, 0.3) is 5.91 Å². The van der Waals surface area contributed by atoms with Crippen LogP contribution in [0.15, 0.2) is 24.3 Å². The third-order valence-corrected chi connectivity index (χ3v) is 2.42. The van der Waals surface area contributed by atoms with Gasteiger partial charge in [-0.15, -0.1) is 10.2 Å². The number of nitrogens with zero attached hydrogens (tertiary/aromatic N) is 3. The number of H-pyrrole nitrogens is 1. The minimum absolute atomic E-state index is 0.0663. The number of aromatic amines is 1. The first kappa shape index (κ1) is 12.2. The Morgan fingerprint density at radius 2 is 2.06 bits per heavy atom. The van der Waals surface area contributed by atoms with Crippen LogP contribution in [-0.4, -0.2) is 33.1 Å². The van der Waals surface area contributed by atoms with Crippen molar-refractivity contribution in [3.63, 3.8) is 0 Å². The highest BCUT2D eigenvalue weighted by atomic mass is 16.1. The molecule has 0 unspecified atom stereocenters. The van der Waals surface area contributed by atoms with E-state index >= 15 is 0 Å². The summed E-state index contributed by atoms with van der Waals surface area (Å²) in [6.07, 6.45) is 0. The van der Waals surface area contributed by atoms with Gasteiger partial charge in [0.05, 0.1) is 0 Å². The Hall–Kier alpha value is -2.24. The van der Waals surface area contributed by atoms with Gasteiger partial charge in [-0.1, -0.05) is 26.0 Å². The molecule has 0 fully saturated rings. The lowest BCUT2D eigenvalue weighted by molar-refractivity contribution is 0.0949. The number of hydrogen-bond donors (Lipinski definition) is 2. The zero-order valence-electron chi connectivity index (χ0n) is 10.3. The largest absolute Gasteiger partial charge is 0.352 e. The molecule has 2 rings (SSSR count). The Morgan fingerprint density at radius 1 is 1.33 bits per heavy atom. The molecule has 1 aromatic heterocycles. The highest BCUT2D eigenvalue weighted by Gasteiger charge is 2.07. The minimum atomic E-state index is -0.0663. The molecule has 0 spiro atoms. The van der Waals surface area contributed by atoms with Crippen LogP contribution in [0.3, 0.4) is 0 Å². The summed E-state index contributed by atoms with van der Waals surface area (Å²) in [5, 5.41) is 16.5. The second kappa shape index (κ2) is 5.39. The number of amides is 1. The fourth-order valence-electron chi connectivity index (χ4n) is 1.45. The topological polar surface area (TPSA) is 83.6 Å². The first-order chi connectivity index (χ1) is 8.66. The summed E-state index contributed by atoms with van der Waals surface area (Å²) in [4.78, 5) is 11.8. The molecular formula is C12H15N5O. The Labute approximate surface area is 105 Å². The average molecular weight is 245 g/mol. The van der Waals surface area contributed by atoms with Gasteiger partial charge in [0.2, 0.25) is 5.82 Å². The van der Waals surface area contributed by atoms with Gasteiger partial charge in [0.1, 0.15) is 0 Å². The highest BCUT2D eigenvalue weighted by Crippen LogP contribution is 2.13. The Kier molecular flexibility index (Phi) is 3.66. The number of tetrazole rings is 1. The molecule has 6 heteroatoms. The van der Waals surface area contributed by atoms with Crippen LogP contribution in [0.25, 0.3) is 11.4 Å². The van der Waals surface area contributed by atoms with Crippen molar-refractivity contribution in [1.82, 2.24) is 25.9 Å². The lowest BCUT2D eigenvalue weighted by atomic mass is 10.1. The number of aromatic nitrogens is 4. The monoisotopic (exact) mass is 245 g/mol. The molecule has 1 amide bonds. The van der Waals surface area contributed by atoms with Crippen LogP contribution in [-0.2, 0) is 0 Å². The summed E-state index contributed by atoms with van der Waals surface area (Å²) in [6.45, 7) is 4.78. The summed E-state index contributed by atoms with van der Waals surface area (Å²) in [6, 6.07) is 7.10. The van der Waals surface area contributed by atoms with Crippen LogP contribution < -0.4 is 5.32 Å². The maximum Gasteiger partial charge on any atom is 0.251 e. The molecule has 18 heavy (non-hydrogen) atoms. The fourth-order valence-corrected chi connectivity index (χ4v) is 1.45. The average Bonchev–Trinajstić information content (AvgIpc) is 2.90. The van der Waals surface area contributed by atoms with Gasteiger partial charge < -0.3 is 5.32 Å². The van der Waals surface area contributed by atoms with Gasteiger partial charge >= 0.3 is 0 Å². The van der Waals surface area contributed by atoms with Gasteiger partial charge in [-0.25, -0.2) is 0 Å². The number of nitrogens with one attached hydrogen (secondary N) is 2. The first-order valence-corrected chi connectivity index (χ1v) is 5.79. The van der Waals surface area contributed by atoms with Gasteiger partial charge in [-0.05, 0) is 23.3 Å². The highest BCUT2D eigenvalue weighted by molar-refractivity contribution is 5.94. The molecule has 0 radical (unpaired) electrons. The molecule has 0 aliphatic heterocycles. The Morgan fingerprint density at radius 3 is 2.61 bits per heavy atom. The predicted octanol–water partition coefficient (Wildman–Crippen LogP) is 1.25. The molecule has 1 heterocycles. The molecule has 2 aromatic rings. The van der Waals surface area contributed by atoms with Crippen molar-refractivity contribution < 1.29 is 4.79 Å². The number of carbonyl (C=O) groups is 1. The molecule has 6 nitrogen and oxygen atoms in total. The number of benzene rings is 1.